The van der Waals surface area contributed by atoms with Crippen LogP contribution in [0.4, 0.5) is 0 Å². The number of carbonyl (C=O) groups is 1. The van der Waals surface area contributed by atoms with Crippen molar-refractivity contribution in [3.05, 3.63) is 53.6 Å². The van der Waals surface area contributed by atoms with Gasteiger partial charge in [-0.2, -0.15) is 0 Å². The van der Waals surface area contributed by atoms with Crippen molar-refractivity contribution in [1.82, 2.24) is 9.97 Å². The molecule has 6 nitrogen and oxygen atoms in total. The summed E-state index contributed by atoms with van der Waals surface area (Å²) < 4.78 is 15.9. The zero-order chi connectivity index (χ0) is 17.2. The molecule has 2 heterocycles. The van der Waals surface area contributed by atoms with E-state index in [0.717, 1.165) is 11.4 Å². The van der Waals surface area contributed by atoms with E-state index in [1.807, 2.05) is 25.1 Å². The van der Waals surface area contributed by atoms with Crippen molar-refractivity contribution >= 4 is 5.78 Å². The largest absolute Gasteiger partial charge is 0.491 e. The Hall–Kier alpha value is -2.31. The van der Waals surface area contributed by atoms with Crippen molar-refractivity contribution in [2.45, 2.75) is 13.3 Å². The molecule has 0 saturated heterocycles. The van der Waals surface area contributed by atoms with Crippen LogP contribution in [0.15, 0.2) is 36.5 Å². The Morgan fingerprint density at radius 2 is 1.96 bits per heavy atom. The Bertz CT molecular complexity index is 647. The number of hydrogen-bond acceptors (Lipinski definition) is 6. The van der Waals surface area contributed by atoms with E-state index in [1.165, 1.54) is 0 Å². The van der Waals surface area contributed by atoms with Crippen LogP contribution in [0, 0.1) is 6.92 Å². The summed E-state index contributed by atoms with van der Waals surface area (Å²) in [6.45, 7) is 3.78. The van der Waals surface area contributed by atoms with Crippen molar-refractivity contribution in [2.75, 3.05) is 33.5 Å². The second kappa shape index (κ2) is 9.75. The van der Waals surface area contributed by atoms with Gasteiger partial charge in [-0.25, -0.2) is 4.98 Å². The third-order valence-electron chi connectivity index (χ3n) is 3.21. The molecule has 2 aromatic rings. The second-order valence-corrected chi connectivity index (χ2v) is 5.20. The summed E-state index contributed by atoms with van der Waals surface area (Å²) >= 11 is 0. The average Bonchev–Trinajstić information content (AvgIpc) is 2.58. The summed E-state index contributed by atoms with van der Waals surface area (Å²) in [6, 6.07) is 8.96. The molecule has 6 heteroatoms. The van der Waals surface area contributed by atoms with Crippen LogP contribution in [0.25, 0.3) is 0 Å². The molecule has 0 saturated carbocycles. The van der Waals surface area contributed by atoms with E-state index >= 15 is 0 Å². The molecule has 24 heavy (non-hydrogen) atoms. The van der Waals surface area contributed by atoms with E-state index in [2.05, 4.69) is 9.97 Å². The number of aryl methyl sites for hydroxylation is 1. The Morgan fingerprint density at radius 3 is 2.71 bits per heavy atom. The zero-order valence-corrected chi connectivity index (χ0v) is 14.0. The molecule has 0 spiro atoms. The van der Waals surface area contributed by atoms with E-state index in [4.69, 9.17) is 14.2 Å². The second-order valence-electron chi connectivity index (χ2n) is 5.20. The number of ketones is 1. The van der Waals surface area contributed by atoms with Crippen LogP contribution in [0.2, 0.25) is 0 Å². The fourth-order valence-electron chi connectivity index (χ4n) is 2.08. The fourth-order valence-corrected chi connectivity index (χ4v) is 2.08. The lowest BCUT2D eigenvalue weighted by Gasteiger charge is -2.09. The first-order chi connectivity index (χ1) is 11.7. The lowest BCUT2D eigenvalue weighted by molar-refractivity contribution is 0.0544. The maximum atomic E-state index is 12.4. The zero-order valence-electron chi connectivity index (χ0n) is 14.0. The molecule has 0 N–H and O–H groups in total. The van der Waals surface area contributed by atoms with Crippen LogP contribution < -0.4 is 4.74 Å². The lowest BCUT2D eigenvalue weighted by Crippen LogP contribution is -2.12. The number of pyridine rings is 2. The van der Waals surface area contributed by atoms with Crippen molar-refractivity contribution in [2.24, 2.45) is 0 Å². The minimum Gasteiger partial charge on any atom is -0.491 e. The molecule has 2 rings (SSSR count). The van der Waals surface area contributed by atoms with Crippen LogP contribution in [-0.4, -0.2) is 49.3 Å². The van der Waals surface area contributed by atoms with Gasteiger partial charge in [-0.1, -0.05) is 6.07 Å². The van der Waals surface area contributed by atoms with Gasteiger partial charge in [-0.3, -0.25) is 9.78 Å². The SMILES string of the molecule is COCCOCCOc1cc(C)nc(C(=O)Cc2ccccn2)c1. The molecule has 0 amide bonds. The number of nitrogens with zero attached hydrogens (tertiary/aromatic N) is 2. The lowest BCUT2D eigenvalue weighted by atomic mass is 10.1. The van der Waals surface area contributed by atoms with Gasteiger partial charge < -0.3 is 14.2 Å². The van der Waals surface area contributed by atoms with Gasteiger partial charge in [-0.15, -0.1) is 0 Å². The van der Waals surface area contributed by atoms with Gasteiger partial charge in [0.1, 0.15) is 18.1 Å². The van der Waals surface area contributed by atoms with Crippen molar-refractivity contribution in [3.8, 4) is 5.75 Å². The molecule has 0 atom stereocenters. The first kappa shape index (κ1) is 18.0. The Labute approximate surface area is 141 Å². The average molecular weight is 330 g/mol. The Balaban J connectivity index is 1.91. The number of ether oxygens (including phenoxy) is 3. The molecule has 0 fully saturated rings. The number of methoxy groups -OCH3 is 1. The summed E-state index contributed by atoms with van der Waals surface area (Å²) in [6.07, 6.45) is 1.89. The monoisotopic (exact) mass is 330 g/mol. The van der Waals surface area contributed by atoms with Crippen molar-refractivity contribution in [1.29, 1.82) is 0 Å². The number of aromatic nitrogens is 2. The van der Waals surface area contributed by atoms with Gasteiger partial charge in [0.15, 0.2) is 5.78 Å². The van der Waals surface area contributed by atoms with Crippen LogP contribution in [-0.2, 0) is 15.9 Å². The molecule has 0 aromatic carbocycles. The normalized spacial score (nSPS) is 10.6. The van der Waals surface area contributed by atoms with E-state index in [0.29, 0.717) is 37.9 Å². The highest BCUT2D eigenvalue weighted by Gasteiger charge is 2.12. The Morgan fingerprint density at radius 1 is 1.12 bits per heavy atom. The van der Waals surface area contributed by atoms with Crippen LogP contribution >= 0.6 is 0 Å². The summed E-state index contributed by atoms with van der Waals surface area (Å²) in [5.74, 6) is 0.529. The number of carbonyl (C=O) groups excluding carboxylic acids is 1. The fraction of sp³-hybridized carbons (Fsp3) is 0.389. The van der Waals surface area contributed by atoms with Gasteiger partial charge in [-0.05, 0) is 19.1 Å². The molecule has 0 unspecified atom stereocenters. The quantitative estimate of drug-likeness (QED) is 0.491. The van der Waals surface area contributed by atoms with Gasteiger partial charge in [0.2, 0.25) is 0 Å². The highest BCUT2D eigenvalue weighted by molar-refractivity contribution is 5.95. The minimum atomic E-state index is -0.0846. The molecular weight excluding hydrogens is 308 g/mol. The third kappa shape index (κ3) is 6.06. The van der Waals surface area contributed by atoms with Gasteiger partial charge in [0.05, 0.1) is 26.2 Å². The van der Waals surface area contributed by atoms with Crippen LogP contribution in [0.1, 0.15) is 21.9 Å². The summed E-state index contributed by atoms with van der Waals surface area (Å²) in [5.41, 5.74) is 1.84. The van der Waals surface area contributed by atoms with E-state index in [1.54, 1.807) is 25.4 Å². The number of rotatable bonds is 10. The van der Waals surface area contributed by atoms with Crippen LogP contribution in [0.5, 0.6) is 5.75 Å². The maximum absolute atomic E-state index is 12.4. The minimum absolute atomic E-state index is 0.0846. The molecule has 128 valence electrons. The van der Waals surface area contributed by atoms with Gasteiger partial charge in [0, 0.05) is 36.8 Å². The highest BCUT2D eigenvalue weighted by Crippen LogP contribution is 2.15. The first-order valence-electron chi connectivity index (χ1n) is 7.80. The molecule has 0 aliphatic rings. The van der Waals surface area contributed by atoms with Crippen molar-refractivity contribution < 1.29 is 19.0 Å². The predicted molar refractivity (Wildman–Crippen MR) is 89.4 cm³/mol. The molecule has 0 bridgehead atoms. The molecular formula is C18H22N2O4. The van der Waals surface area contributed by atoms with Crippen molar-refractivity contribution in [3.63, 3.8) is 0 Å². The third-order valence-corrected chi connectivity index (χ3v) is 3.21. The highest BCUT2D eigenvalue weighted by atomic mass is 16.5. The van der Waals surface area contributed by atoms with Gasteiger partial charge in [0.25, 0.3) is 0 Å². The summed E-state index contributed by atoms with van der Waals surface area (Å²) in [4.78, 5) is 20.8. The molecule has 0 aliphatic heterocycles. The number of Topliss-reactive ketones (excluding diaryl/α,β-unsaturated/α-hetero) is 1. The van der Waals surface area contributed by atoms with Crippen LogP contribution in [0.3, 0.4) is 0 Å². The predicted octanol–water partition coefficient (Wildman–Crippen LogP) is 2.25. The number of hydrogen-bond donors (Lipinski definition) is 0. The Kier molecular flexibility index (Phi) is 7.32. The van der Waals surface area contributed by atoms with E-state index in [9.17, 15) is 4.79 Å². The first-order valence-corrected chi connectivity index (χ1v) is 7.80. The molecule has 0 radical (unpaired) electrons. The summed E-state index contributed by atoms with van der Waals surface area (Å²) in [5, 5.41) is 0. The van der Waals surface area contributed by atoms with Gasteiger partial charge >= 0.3 is 0 Å². The maximum Gasteiger partial charge on any atom is 0.187 e. The van der Waals surface area contributed by atoms with E-state index < -0.39 is 0 Å². The summed E-state index contributed by atoms with van der Waals surface area (Å²) in [7, 11) is 1.63. The standard InChI is InChI=1S/C18H22N2O4/c1-14-11-16(24-10-9-23-8-7-22-2)13-17(20-14)18(21)12-15-5-3-4-6-19-15/h3-6,11,13H,7-10,12H2,1-2H3. The molecule has 2 aromatic heterocycles. The van der Waals surface area contributed by atoms with E-state index in [-0.39, 0.29) is 12.2 Å². The topological polar surface area (TPSA) is 70.5 Å². The molecule has 0 aliphatic carbocycles. The smallest absolute Gasteiger partial charge is 0.187 e.